The zero-order chi connectivity index (χ0) is 13.3. The Labute approximate surface area is 154 Å². The molecule has 1 heterocycles. The molecule has 1 aliphatic heterocycles. The Hall–Kier alpha value is 0.251. The summed E-state index contributed by atoms with van der Waals surface area (Å²) in [6.45, 7) is 0.828. The molecule has 19 heavy (non-hydrogen) atoms. The van der Waals surface area contributed by atoms with Crippen molar-refractivity contribution in [3.63, 3.8) is 0 Å². The number of nitrogens with zero attached hydrogens (tertiary/aromatic N) is 1. The Morgan fingerprint density at radius 2 is 2.00 bits per heavy atom. The van der Waals surface area contributed by atoms with Crippen LogP contribution in [0.25, 0.3) is 0 Å². The maximum Gasteiger partial charge on any atom is 1.00 e. The summed E-state index contributed by atoms with van der Waals surface area (Å²) in [6, 6.07) is 7.66. The van der Waals surface area contributed by atoms with Gasteiger partial charge in [0.1, 0.15) is 0 Å². The van der Waals surface area contributed by atoms with Crippen molar-refractivity contribution < 1.29 is 64.3 Å². The number of rotatable bonds is 3. The fourth-order valence-electron chi connectivity index (χ4n) is 2.40. The molecule has 0 aromatic heterocycles. The van der Waals surface area contributed by atoms with Gasteiger partial charge in [0.15, 0.2) is 0 Å². The normalized spacial score (nSPS) is 18.5. The first-order valence-corrected chi connectivity index (χ1v) is 6.08. The van der Waals surface area contributed by atoms with Gasteiger partial charge in [-0.2, -0.15) is 0 Å². The van der Waals surface area contributed by atoms with Crippen LogP contribution in [0.1, 0.15) is 12.5 Å². The van der Waals surface area contributed by atoms with Gasteiger partial charge in [-0.3, -0.25) is 0 Å². The molecule has 0 bridgehead atoms. The second-order valence-corrected chi connectivity index (χ2v) is 5.05. The minimum Gasteiger partial charge on any atom is -0.445 e. The molecule has 1 aliphatic rings. The van der Waals surface area contributed by atoms with E-state index in [4.69, 9.17) is 0 Å². The SMILES string of the molecule is C=C(CN1CC(C)Cc2ccccc21)[B-](F)(F)F.[K+]. The number of halogens is 3. The number of hydrogen-bond acceptors (Lipinski definition) is 1. The van der Waals surface area contributed by atoms with Crippen LogP contribution in [0.5, 0.6) is 0 Å². The molecule has 0 amide bonds. The first kappa shape index (κ1) is 17.3. The molecule has 1 atom stereocenters. The second kappa shape index (κ2) is 6.81. The summed E-state index contributed by atoms with van der Waals surface area (Å²) in [5, 5.41) is 0. The molecule has 6 heteroatoms. The molecule has 0 radical (unpaired) electrons. The smallest absolute Gasteiger partial charge is 0.445 e. The van der Waals surface area contributed by atoms with Crippen LogP contribution in [0.15, 0.2) is 36.3 Å². The number of hydrogen-bond donors (Lipinski definition) is 0. The molecule has 0 saturated heterocycles. The van der Waals surface area contributed by atoms with E-state index >= 15 is 0 Å². The van der Waals surface area contributed by atoms with E-state index in [1.54, 1.807) is 4.90 Å². The van der Waals surface area contributed by atoms with Crippen molar-refractivity contribution in [1.29, 1.82) is 0 Å². The third kappa shape index (κ3) is 4.36. The van der Waals surface area contributed by atoms with Crippen molar-refractivity contribution in [1.82, 2.24) is 0 Å². The fourth-order valence-corrected chi connectivity index (χ4v) is 2.40. The minimum absolute atomic E-state index is 0. The predicted octanol–water partition coefficient (Wildman–Crippen LogP) is 0.632. The number of fused-ring (bicyclic) bond motifs is 1. The van der Waals surface area contributed by atoms with Crippen LogP contribution < -0.4 is 56.3 Å². The van der Waals surface area contributed by atoms with Crippen molar-refractivity contribution in [2.24, 2.45) is 5.92 Å². The molecule has 1 nitrogen and oxygen atoms in total. The number of benzene rings is 1. The summed E-state index contributed by atoms with van der Waals surface area (Å²) < 4.78 is 37.8. The average Bonchev–Trinajstić information content (AvgIpc) is 2.27. The first-order chi connectivity index (χ1) is 8.38. The third-order valence-electron chi connectivity index (χ3n) is 3.29. The van der Waals surface area contributed by atoms with Gasteiger partial charge in [0.2, 0.25) is 0 Å². The van der Waals surface area contributed by atoms with Gasteiger partial charge < -0.3 is 17.8 Å². The van der Waals surface area contributed by atoms with Crippen LogP contribution in [-0.2, 0) is 6.42 Å². The van der Waals surface area contributed by atoms with Gasteiger partial charge in [0, 0.05) is 18.8 Å². The van der Waals surface area contributed by atoms with Crippen LogP contribution in [-0.4, -0.2) is 20.1 Å². The van der Waals surface area contributed by atoms with E-state index in [9.17, 15) is 12.9 Å². The Kier molecular flexibility index (Phi) is 6.20. The van der Waals surface area contributed by atoms with E-state index in [0.717, 1.165) is 17.7 Å². The minimum atomic E-state index is -4.95. The number of para-hydroxylation sites is 1. The Morgan fingerprint density at radius 3 is 2.63 bits per heavy atom. The zero-order valence-corrected chi connectivity index (χ0v) is 14.5. The molecule has 1 aromatic carbocycles. The Balaban J connectivity index is 0.00000180. The van der Waals surface area contributed by atoms with Gasteiger partial charge in [0.05, 0.1) is 0 Å². The monoisotopic (exact) mass is 293 g/mol. The Morgan fingerprint density at radius 1 is 1.37 bits per heavy atom. The zero-order valence-electron chi connectivity index (χ0n) is 11.4. The summed E-state index contributed by atoms with van der Waals surface area (Å²) in [6.07, 6.45) is 0.927. The standard InChI is InChI=1S/C13H16BF3N.K/c1-10-7-12-5-3-4-6-13(12)18(8-10)9-11(2)14(15,16)17;/h3-6,10H,2,7-9H2,1H3;/q-1;+1. The van der Waals surface area contributed by atoms with Crippen LogP contribution in [0.4, 0.5) is 18.6 Å². The first-order valence-electron chi connectivity index (χ1n) is 6.08. The van der Waals surface area contributed by atoms with Gasteiger partial charge >= 0.3 is 58.4 Å². The topological polar surface area (TPSA) is 3.24 Å². The molecule has 1 unspecified atom stereocenters. The molecule has 2 rings (SSSR count). The summed E-state index contributed by atoms with van der Waals surface area (Å²) >= 11 is 0. The van der Waals surface area contributed by atoms with Crippen LogP contribution in [0.2, 0.25) is 0 Å². The Bertz CT molecular complexity index is 461. The molecule has 0 N–H and O–H groups in total. The van der Waals surface area contributed by atoms with E-state index in [1.165, 1.54) is 0 Å². The maximum atomic E-state index is 12.6. The predicted molar refractivity (Wildman–Crippen MR) is 69.7 cm³/mol. The van der Waals surface area contributed by atoms with Crippen LogP contribution >= 0.6 is 0 Å². The van der Waals surface area contributed by atoms with Crippen LogP contribution in [0.3, 0.4) is 0 Å². The maximum absolute atomic E-state index is 12.6. The van der Waals surface area contributed by atoms with Crippen LogP contribution in [0, 0.1) is 5.92 Å². The molecule has 0 saturated carbocycles. The molecule has 0 fully saturated rings. The number of anilines is 1. The summed E-state index contributed by atoms with van der Waals surface area (Å²) in [5.41, 5.74) is 1.41. The van der Waals surface area contributed by atoms with E-state index < -0.39 is 12.4 Å². The van der Waals surface area contributed by atoms with Crippen molar-refractivity contribution in [3.8, 4) is 0 Å². The van der Waals surface area contributed by atoms with Crippen molar-refractivity contribution >= 4 is 12.7 Å². The van der Waals surface area contributed by atoms with E-state index in [-0.39, 0.29) is 57.9 Å². The van der Waals surface area contributed by atoms with E-state index in [2.05, 4.69) is 13.5 Å². The average molecular weight is 293 g/mol. The van der Waals surface area contributed by atoms with Gasteiger partial charge in [-0.05, 0) is 24.0 Å². The molecule has 98 valence electrons. The van der Waals surface area contributed by atoms with E-state index in [1.807, 2.05) is 24.3 Å². The fraction of sp³-hybridized carbons (Fsp3) is 0.385. The third-order valence-corrected chi connectivity index (χ3v) is 3.29. The van der Waals surface area contributed by atoms with Gasteiger partial charge in [0.25, 0.3) is 0 Å². The molecule has 0 aliphatic carbocycles. The summed E-state index contributed by atoms with van der Waals surface area (Å²) in [7, 11) is 0. The van der Waals surface area contributed by atoms with Gasteiger partial charge in [-0.25, -0.2) is 0 Å². The van der Waals surface area contributed by atoms with Crippen molar-refractivity contribution in [2.45, 2.75) is 13.3 Å². The molecule has 0 spiro atoms. The summed E-state index contributed by atoms with van der Waals surface area (Å²) in [4.78, 5) is 1.79. The quantitative estimate of drug-likeness (QED) is 0.739. The molecule has 1 aromatic rings. The van der Waals surface area contributed by atoms with E-state index in [0.29, 0.717) is 12.5 Å². The summed E-state index contributed by atoms with van der Waals surface area (Å²) in [5.74, 6) is 0.369. The molecular formula is C13H16BF3KN. The molecular weight excluding hydrogens is 277 g/mol. The van der Waals surface area contributed by atoms with Crippen molar-refractivity contribution in [2.75, 3.05) is 18.0 Å². The van der Waals surface area contributed by atoms with Gasteiger partial charge in [-0.15, -0.1) is 12.1 Å². The largest absolute Gasteiger partial charge is 1.00 e. The second-order valence-electron chi connectivity index (χ2n) is 5.05. The van der Waals surface area contributed by atoms with Crippen molar-refractivity contribution in [3.05, 3.63) is 41.9 Å². The van der Waals surface area contributed by atoms with Gasteiger partial charge in [-0.1, -0.05) is 25.1 Å².